The zero-order chi connectivity index (χ0) is 21.0. The quantitative estimate of drug-likeness (QED) is 0.779. The number of carbonyl (C=O) groups excluding carboxylic acids is 2. The highest BCUT2D eigenvalue weighted by molar-refractivity contribution is 6.30. The van der Waals surface area contributed by atoms with Crippen LogP contribution in [0.5, 0.6) is 0 Å². The second-order valence-electron chi connectivity index (χ2n) is 7.48. The lowest BCUT2D eigenvalue weighted by Gasteiger charge is -2.34. The molecule has 2 amide bonds. The van der Waals surface area contributed by atoms with E-state index in [-0.39, 0.29) is 17.9 Å². The zero-order valence-corrected chi connectivity index (χ0v) is 17.8. The second-order valence-corrected chi connectivity index (χ2v) is 7.91. The third-order valence-electron chi connectivity index (χ3n) is 5.35. The average molecular weight is 419 g/mol. The van der Waals surface area contributed by atoms with Crippen molar-refractivity contribution in [3.63, 3.8) is 0 Å². The van der Waals surface area contributed by atoms with Crippen LogP contribution in [0.15, 0.2) is 28.8 Å². The van der Waals surface area contributed by atoms with Crippen molar-refractivity contribution in [3.8, 4) is 0 Å². The summed E-state index contributed by atoms with van der Waals surface area (Å²) in [5.41, 5.74) is 2.64. The molecule has 1 aliphatic heterocycles. The maximum absolute atomic E-state index is 12.6. The first-order chi connectivity index (χ1) is 13.8. The van der Waals surface area contributed by atoms with Gasteiger partial charge in [-0.25, -0.2) is 0 Å². The van der Waals surface area contributed by atoms with E-state index in [1.807, 2.05) is 49.9 Å². The zero-order valence-electron chi connectivity index (χ0n) is 17.1. The molecular weight excluding hydrogens is 392 g/mol. The van der Waals surface area contributed by atoms with E-state index in [1.165, 1.54) is 0 Å². The van der Waals surface area contributed by atoms with Gasteiger partial charge in [-0.1, -0.05) is 28.9 Å². The van der Waals surface area contributed by atoms with Gasteiger partial charge in [-0.05, 0) is 38.5 Å². The highest BCUT2D eigenvalue weighted by Gasteiger charge is 2.24. The van der Waals surface area contributed by atoms with Crippen LogP contribution in [0.2, 0.25) is 5.02 Å². The molecule has 156 valence electrons. The Morgan fingerprint density at radius 2 is 1.83 bits per heavy atom. The average Bonchev–Trinajstić information content (AvgIpc) is 3.01. The third-order valence-corrected chi connectivity index (χ3v) is 5.60. The summed E-state index contributed by atoms with van der Waals surface area (Å²) in [7, 11) is 0. The van der Waals surface area contributed by atoms with Crippen molar-refractivity contribution in [1.82, 2.24) is 20.3 Å². The predicted molar refractivity (Wildman–Crippen MR) is 111 cm³/mol. The van der Waals surface area contributed by atoms with Gasteiger partial charge >= 0.3 is 0 Å². The van der Waals surface area contributed by atoms with Gasteiger partial charge in [0.2, 0.25) is 11.8 Å². The van der Waals surface area contributed by atoms with Crippen LogP contribution in [0.1, 0.15) is 35.5 Å². The van der Waals surface area contributed by atoms with E-state index < -0.39 is 0 Å². The topological polar surface area (TPSA) is 78.7 Å². The SMILES string of the molecule is Cc1noc(C)c1CC(=O)N1CCN(CC(=O)NC(C)c2ccc(Cl)cc2)CC1. The minimum atomic E-state index is -0.0855. The Morgan fingerprint density at radius 1 is 1.17 bits per heavy atom. The fraction of sp³-hybridized carbons (Fsp3) is 0.476. The lowest BCUT2D eigenvalue weighted by molar-refractivity contribution is -0.132. The number of nitrogens with zero attached hydrogens (tertiary/aromatic N) is 3. The molecular formula is C21H27ClN4O3. The van der Waals surface area contributed by atoms with Crippen LogP contribution >= 0.6 is 11.6 Å². The molecule has 0 radical (unpaired) electrons. The van der Waals surface area contributed by atoms with Gasteiger partial charge in [-0.2, -0.15) is 0 Å². The Labute approximate surface area is 176 Å². The van der Waals surface area contributed by atoms with Crippen LogP contribution in [0, 0.1) is 13.8 Å². The third kappa shape index (κ3) is 5.58. The van der Waals surface area contributed by atoms with Gasteiger partial charge in [-0.15, -0.1) is 0 Å². The Hall–Kier alpha value is -2.38. The van der Waals surface area contributed by atoms with Gasteiger partial charge in [0.05, 0.1) is 24.7 Å². The van der Waals surface area contributed by atoms with E-state index in [2.05, 4.69) is 15.4 Å². The smallest absolute Gasteiger partial charge is 0.234 e. The summed E-state index contributed by atoms with van der Waals surface area (Å²) in [5.74, 6) is 0.740. The molecule has 0 spiro atoms. The largest absolute Gasteiger partial charge is 0.361 e. The summed E-state index contributed by atoms with van der Waals surface area (Å²) in [6.07, 6.45) is 0.306. The van der Waals surface area contributed by atoms with E-state index >= 15 is 0 Å². The van der Waals surface area contributed by atoms with Gasteiger partial charge < -0.3 is 14.7 Å². The van der Waals surface area contributed by atoms with Crippen LogP contribution in [-0.4, -0.2) is 59.5 Å². The molecule has 1 saturated heterocycles. The fourth-order valence-corrected chi connectivity index (χ4v) is 3.62. The molecule has 0 bridgehead atoms. The number of nitrogens with one attached hydrogen (secondary N) is 1. The Morgan fingerprint density at radius 3 is 2.41 bits per heavy atom. The van der Waals surface area contributed by atoms with E-state index in [0.29, 0.717) is 49.9 Å². The van der Waals surface area contributed by atoms with Crippen LogP contribution in [0.25, 0.3) is 0 Å². The number of aryl methyl sites for hydroxylation is 2. The molecule has 1 aromatic carbocycles. The summed E-state index contributed by atoms with van der Waals surface area (Å²) in [6, 6.07) is 7.38. The van der Waals surface area contributed by atoms with E-state index in [1.54, 1.807) is 0 Å². The van der Waals surface area contributed by atoms with Crippen molar-refractivity contribution in [2.24, 2.45) is 0 Å². The maximum atomic E-state index is 12.6. The lowest BCUT2D eigenvalue weighted by atomic mass is 10.1. The molecule has 0 aliphatic carbocycles. The first kappa shape index (κ1) is 21.3. The number of halogens is 1. The maximum Gasteiger partial charge on any atom is 0.234 e. The number of aromatic nitrogens is 1. The Balaban J connectivity index is 1.43. The molecule has 1 fully saturated rings. The van der Waals surface area contributed by atoms with Gasteiger partial charge in [0.25, 0.3) is 0 Å². The highest BCUT2D eigenvalue weighted by Crippen LogP contribution is 2.17. The Bertz CT molecular complexity index is 838. The molecule has 0 saturated carbocycles. The minimum absolute atomic E-state index is 0.0250. The summed E-state index contributed by atoms with van der Waals surface area (Å²) in [4.78, 5) is 28.9. The van der Waals surface area contributed by atoms with Crippen LogP contribution in [0.4, 0.5) is 0 Å². The highest BCUT2D eigenvalue weighted by atomic mass is 35.5. The monoisotopic (exact) mass is 418 g/mol. The molecule has 2 heterocycles. The number of amides is 2. The van der Waals surface area contributed by atoms with Crippen LogP contribution in [-0.2, 0) is 16.0 Å². The van der Waals surface area contributed by atoms with Crippen molar-refractivity contribution in [3.05, 3.63) is 51.9 Å². The number of piperazine rings is 1. The molecule has 8 heteroatoms. The van der Waals surface area contributed by atoms with Crippen molar-refractivity contribution in [2.45, 2.75) is 33.2 Å². The van der Waals surface area contributed by atoms with Crippen LogP contribution < -0.4 is 5.32 Å². The standard InChI is InChI=1S/C21H27ClN4O3/c1-14(17-4-6-18(22)7-5-17)23-20(27)13-25-8-10-26(11-9-25)21(28)12-19-15(2)24-29-16(19)3/h4-7,14H,8-13H2,1-3H3,(H,23,27). The second kappa shape index (κ2) is 9.41. The normalized spacial score (nSPS) is 15.9. The van der Waals surface area contributed by atoms with Crippen molar-refractivity contribution >= 4 is 23.4 Å². The number of carbonyl (C=O) groups is 2. The lowest BCUT2D eigenvalue weighted by Crippen LogP contribution is -2.51. The number of hydrogen-bond donors (Lipinski definition) is 1. The number of hydrogen-bond acceptors (Lipinski definition) is 5. The van der Waals surface area contributed by atoms with E-state index in [4.69, 9.17) is 16.1 Å². The van der Waals surface area contributed by atoms with Gasteiger partial charge in [0, 0.05) is 36.8 Å². The number of rotatable bonds is 6. The minimum Gasteiger partial charge on any atom is -0.361 e. The van der Waals surface area contributed by atoms with Crippen LogP contribution in [0.3, 0.4) is 0 Å². The van der Waals surface area contributed by atoms with Gasteiger partial charge in [0.15, 0.2) is 0 Å². The van der Waals surface area contributed by atoms with Crippen molar-refractivity contribution in [2.75, 3.05) is 32.7 Å². The molecule has 1 N–H and O–H groups in total. The molecule has 1 aliphatic rings. The first-order valence-corrected chi connectivity index (χ1v) is 10.2. The molecule has 3 rings (SSSR count). The van der Waals surface area contributed by atoms with E-state index in [9.17, 15) is 9.59 Å². The van der Waals surface area contributed by atoms with Gasteiger partial charge in [-0.3, -0.25) is 14.5 Å². The van der Waals surface area contributed by atoms with Crippen molar-refractivity contribution < 1.29 is 14.1 Å². The summed E-state index contributed by atoms with van der Waals surface area (Å²) >= 11 is 5.91. The summed E-state index contributed by atoms with van der Waals surface area (Å²) in [5, 5.41) is 7.60. The molecule has 29 heavy (non-hydrogen) atoms. The molecule has 1 aromatic heterocycles. The molecule has 2 aromatic rings. The molecule has 7 nitrogen and oxygen atoms in total. The number of benzene rings is 1. The van der Waals surface area contributed by atoms with Crippen molar-refractivity contribution in [1.29, 1.82) is 0 Å². The molecule has 1 atom stereocenters. The summed E-state index contributed by atoms with van der Waals surface area (Å²) in [6.45, 7) is 8.53. The fourth-order valence-electron chi connectivity index (χ4n) is 3.50. The van der Waals surface area contributed by atoms with Gasteiger partial charge in [0.1, 0.15) is 5.76 Å². The van der Waals surface area contributed by atoms with E-state index in [0.717, 1.165) is 16.8 Å². The summed E-state index contributed by atoms with van der Waals surface area (Å²) < 4.78 is 5.13. The molecule has 1 unspecified atom stereocenters. The Kier molecular flexibility index (Phi) is 6.92. The first-order valence-electron chi connectivity index (χ1n) is 9.80. The predicted octanol–water partition coefficient (Wildman–Crippen LogP) is 2.51.